The summed E-state index contributed by atoms with van der Waals surface area (Å²) in [5, 5.41) is 3.31. The fraction of sp³-hybridized carbons (Fsp3) is 0.333. The van der Waals surface area contributed by atoms with Crippen LogP contribution in [-0.4, -0.2) is 13.2 Å². The van der Waals surface area contributed by atoms with Gasteiger partial charge in [-0.3, -0.25) is 0 Å². The molecule has 0 saturated carbocycles. The zero-order valence-corrected chi connectivity index (χ0v) is 12.0. The molecule has 0 bridgehead atoms. The molecular weight excluding hydrogens is 261 g/mol. The summed E-state index contributed by atoms with van der Waals surface area (Å²) < 4.78 is 18.6. The standard InChI is InChI=1S/C15H18FNOS/c1-11-3-5-13(16)9-15(11)18-8-7-17-10-14-6-4-12(2)19-14/h3-6,9,17H,7-8,10H2,1-2H3. The van der Waals surface area contributed by atoms with E-state index < -0.39 is 0 Å². The van der Waals surface area contributed by atoms with Crippen LogP contribution in [0.1, 0.15) is 15.3 Å². The van der Waals surface area contributed by atoms with Crippen LogP contribution in [0.5, 0.6) is 5.75 Å². The van der Waals surface area contributed by atoms with Gasteiger partial charge in [-0.1, -0.05) is 6.07 Å². The van der Waals surface area contributed by atoms with E-state index in [1.165, 1.54) is 21.9 Å². The molecule has 19 heavy (non-hydrogen) atoms. The molecule has 1 N–H and O–H groups in total. The summed E-state index contributed by atoms with van der Waals surface area (Å²) in [4.78, 5) is 2.64. The monoisotopic (exact) mass is 279 g/mol. The Morgan fingerprint density at radius 3 is 2.79 bits per heavy atom. The van der Waals surface area contributed by atoms with Crippen molar-refractivity contribution in [1.82, 2.24) is 5.32 Å². The maximum atomic E-state index is 13.1. The Morgan fingerprint density at radius 2 is 2.05 bits per heavy atom. The Hall–Kier alpha value is -1.39. The molecule has 0 unspecified atom stereocenters. The van der Waals surface area contributed by atoms with Gasteiger partial charge in [0.25, 0.3) is 0 Å². The van der Waals surface area contributed by atoms with Crippen LogP contribution in [-0.2, 0) is 6.54 Å². The van der Waals surface area contributed by atoms with Crippen molar-refractivity contribution in [3.63, 3.8) is 0 Å². The summed E-state index contributed by atoms with van der Waals surface area (Å²) in [5.74, 6) is 0.358. The first-order chi connectivity index (χ1) is 9.15. The van der Waals surface area contributed by atoms with Gasteiger partial charge in [0.1, 0.15) is 18.2 Å². The van der Waals surface area contributed by atoms with Crippen LogP contribution in [0.25, 0.3) is 0 Å². The van der Waals surface area contributed by atoms with Gasteiger partial charge in [0, 0.05) is 28.9 Å². The molecule has 0 saturated heterocycles. The molecule has 0 aliphatic carbocycles. The molecule has 1 aromatic heterocycles. The highest BCUT2D eigenvalue weighted by Gasteiger charge is 2.01. The summed E-state index contributed by atoms with van der Waals surface area (Å²) in [6.07, 6.45) is 0. The van der Waals surface area contributed by atoms with Crippen molar-refractivity contribution in [2.75, 3.05) is 13.2 Å². The van der Waals surface area contributed by atoms with Crippen LogP contribution in [0.2, 0.25) is 0 Å². The van der Waals surface area contributed by atoms with Crippen LogP contribution in [0.4, 0.5) is 4.39 Å². The maximum absolute atomic E-state index is 13.1. The van der Waals surface area contributed by atoms with E-state index in [4.69, 9.17) is 4.74 Å². The van der Waals surface area contributed by atoms with Crippen LogP contribution in [0, 0.1) is 19.7 Å². The zero-order valence-electron chi connectivity index (χ0n) is 11.2. The molecule has 102 valence electrons. The highest BCUT2D eigenvalue weighted by molar-refractivity contribution is 7.11. The summed E-state index contributed by atoms with van der Waals surface area (Å²) >= 11 is 1.79. The highest BCUT2D eigenvalue weighted by atomic mass is 32.1. The molecule has 0 spiro atoms. The number of benzene rings is 1. The quantitative estimate of drug-likeness (QED) is 0.815. The predicted octanol–water partition coefficient (Wildman–Crippen LogP) is 3.67. The highest BCUT2D eigenvalue weighted by Crippen LogP contribution is 2.18. The third-order valence-corrected chi connectivity index (χ3v) is 3.78. The molecule has 4 heteroatoms. The largest absolute Gasteiger partial charge is 0.492 e. The van der Waals surface area contributed by atoms with Crippen molar-refractivity contribution in [3.8, 4) is 5.75 Å². The molecule has 0 fully saturated rings. The van der Waals surface area contributed by atoms with E-state index >= 15 is 0 Å². The molecule has 0 aliphatic heterocycles. The number of nitrogens with one attached hydrogen (secondary N) is 1. The van der Waals surface area contributed by atoms with Crippen LogP contribution >= 0.6 is 11.3 Å². The number of halogens is 1. The van der Waals surface area contributed by atoms with Crippen LogP contribution < -0.4 is 10.1 Å². The second-order valence-electron chi connectivity index (χ2n) is 4.45. The second-order valence-corrected chi connectivity index (χ2v) is 5.82. The Morgan fingerprint density at radius 1 is 1.21 bits per heavy atom. The van der Waals surface area contributed by atoms with Gasteiger partial charge in [0.15, 0.2) is 0 Å². The van der Waals surface area contributed by atoms with Gasteiger partial charge in [-0.05, 0) is 37.6 Å². The Labute approximate surface area is 117 Å². The van der Waals surface area contributed by atoms with Crippen molar-refractivity contribution >= 4 is 11.3 Å². The second kappa shape index (κ2) is 6.68. The smallest absolute Gasteiger partial charge is 0.126 e. The molecule has 2 nitrogen and oxygen atoms in total. The van der Waals surface area contributed by atoms with Crippen molar-refractivity contribution in [2.45, 2.75) is 20.4 Å². The molecule has 0 amide bonds. The van der Waals surface area contributed by atoms with Crippen molar-refractivity contribution in [2.24, 2.45) is 0 Å². The summed E-state index contributed by atoms with van der Waals surface area (Å²) in [5.41, 5.74) is 0.954. The van der Waals surface area contributed by atoms with E-state index in [9.17, 15) is 4.39 Å². The average Bonchev–Trinajstić information content (AvgIpc) is 2.79. The number of hydrogen-bond acceptors (Lipinski definition) is 3. The average molecular weight is 279 g/mol. The van der Waals surface area contributed by atoms with Gasteiger partial charge in [-0.25, -0.2) is 4.39 Å². The topological polar surface area (TPSA) is 21.3 Å². The van der Waals surface area contributed by atoms with E-state index in [1.807, 2.05) is 6.92 Å². The number of hydrogen-bond donors (Lipinski definition) is 1. The third-order valence-electron chi connectivity index (χ3n) is 2.78. The lowest BCUT2D eigenvalue weighted by Gasteiger charge is -2.09. The van der Waals surface area contributed by atoms with E-state index in [1.54, 1.807) is 17.4 Å². The molecule has 0 aliphatic rings. The first-order valence-corrected chi connectivity index (χ1v) is 7.12. The normalized spacial score (nSPS) is 10.7. The SMILES string of the molecule is Cc1ccc(CNCCOc2cc(F)ccc2C)s1. The summed E-state index contributed by atoms with van der Waals surface area (Å²) in [6, 6.07) is 8.85. The third kappa shape index (κ3) is 4.33. The van der Waals surface area contributed by atoms with E-state index in [2.05, 4.69) is 24.4 Å². The fourth-order valence-corrected chi connectivity index (χ4v) is 2.61. The van der Waals surface area contributed by atoms with Crippen molar-refractivity contribution in [3.05, 3.63) is 51.5 Å². The molecule has 2 rings (SSSR count). The van der Waals surface area contributed by atoms with Crippen molar-refractivity contribution < 1.29 is 9.13 Å². The Kier molecular flexibility index (Phi) is 4.93. The Bertz CT molecular complexity index is 539. The number of aryl methyl sites for hydroxylation is 2. The molecule has 0 radical (unpaired) electrons. The van der Waals surface area contributed by atoms with E-state index in [0.29, 0.717) is 12.4 Å². The molecule has 1 aromatic carbocycles. The van der Waals surface area contributed by atoms with E-state index in [-0.39, 0.29) is 5.82 Å². The minimum absolute atomic E-state index is 0.261. The van der Waals surface area contributed by atoms with Gasteiger partial charge in [-0.15, -0.1) is 11.3 Å². The van der Waals surface area contributed by atoms with Gasteiger partial charge in [0.2, 0.25) is 0 Å². The minimum atomic E-state index is -0.261. The van der Waals surface area contributed by atoms with Gasteiger partial charge in [-0.2, -0.15) is 0 Å². The van der Waals surface area contributed by atoms with E-state index in [0.717, 1.165) is 18.7 Å². The first kappa shape index (κ1) is 14.0. The Balaban J connectivity index is 1.70. The van der Waals surface area contributed by atoms with Crippen LogP contribution in [0.3, 0.4) is 0 Å². The first-order valence-electron chi connectivity index (χ1n) is 6.30. The maximum Gasteiger partial charge on any atom is 0.126 e. The predicted molar refractivity (Wildman–Crippen MR) is 77.4 cm³/mol. The van der Waals surface area contributed by atoms with Gasteiger partial charge in [0.05, 0.1) is 0 Å². The molecule has 2 aromatic rings. The number of thiophene rings is 1. The van der Waals surface area contributed by atoms with Crippen LogP contribution in [0.15, 0.2) is 30.3 Å². The summed E-state index contributed by atoms with van der Waals surface area (Å²) in [7, 11) is 0. The number of rotatable bonds is 6. The van der Waals surface area contributed by atoms with Gasteiger partial charge >= 0.3 is 0 Å². The van der Waals surface area contributed by atoms with Crippen molar-refractivity contribution in [1.29, 1.82) is 0 Å². The zero-order chi connectivity index (χ0) is 13.7. The minimum Gasteiger partial charge on any atom is -0.492 e. The lowest BCUT2D eigenvalue weighted by Crippen LogP contribution is -2.20. The summed E-state index contributed by atoms with van der Waals surface area (Å²) in [6.45, 7) is 6.15. The lowest BCUT2D eigenvalue weighted by molar-refractivity contribution is 0.310. The fourth-order valence-electron chi connectivity index (χ4n) is 1.75. The number of ether oxygens (including phenoxy) is 1. The molecule has 0 atom stereocenters. The molecule has 1 heterocycles. The molecular formula is C15H18FNOS. The lowest BCUT2D eigenvalue weighted by atomic mass is 10.2. The van der Waals surface area contributed by atoms with Gasteiger partial charge < -0.3 is 10.1 Å².